The van der Waals surface area contributed by atoms with Crippen LogP contribution < -0.4 is 5.32 Å². The van der Waals surface area contributed by atoms with Gasteiger partial charge in [0.25, 0.3) is 0 Å². The summed E-state index contributed by atoms with van der Waals surface area (Å²) in [7, 11) is 0. The lowest BCUT2D eigenvalue weighted by Crippen LogP contribution is -2.08. The molecule has 6 heteroatoms. The van der Waals surface area contributed by atoms with E-state index in [-0.39, 0.29) is 5.69 Å². The van der Waals surface area contributed by atoms with E-state index in [1.54, 1.807) is 6.08 Å². The number of hydrogen-bond donors (Lipinski definition) is 1. The molecule has 0 aliphatic rings. The summed E-state index contributed by atoms with van der Waals surface area (Å²) < 4.78 is 26.8. The normalized spacial score (nSPS) is 10.9. The van der Waals surface area contributed by atoms with Crippen LogP contribution in [-0.4, -0.2) is 5.91 Å². The zero-order valence-electron chi connectivity index (χ0n) is 9.49. The number of thiophene rings is 1. The van der Waals surface area contributed by atoms with Crippen molar-refractivity contribution in [3.8, 4) is 0 Å². The molecule has 0 unspecified atom stereocenters. The molecule has 0 fully saturated rings. The monoisotopic (exact) mass is 343 g/mol. The van der Waals surface area contributed by atoms with Gasteiger partial charge in [0.05, 0.1) is 3.79 Å². The fourth-order valence-corrected chi connectivity index (χ4v) is 2.71. The van der Waals surface area contributed by atoms with Crippen LogP contribution in [0, 0.1) is 11.6 Å². The predicted molar refractivity (Wildman–Crippen MR) is 76.0 cm³/mol. The minimum Gasteiger partial charge on any atom is -0.322 e. The van der Waals surface area contributed by atoms with Gasteiger partial charge in [-0.2, -0.15) is 0 Å². The Bertz CT molecular complexity index is 619. The van der Waals surface area contributed by atoms with Gasteiger partial charge in [0, 0.05) is 22.7 Å². The molecule has 98 valence electrons. The number of rotatable bonds is 3. The van der Waals surface area contributed by atoms with Crippen molar-refractivity contribution in [2.24, 2.45) is 0 Å². The lowest BCUT2D eigenvalue weighted by Gasteiger charge is -2.02. The highest BCUT2D eigenvalue weighted by molar-refractivity contribution is 9.11. The maximum Gasteiger partial charge on any atom is 0.248 e. The largest absolute Gasteiger partial charge is 0.322 e. The van der Waals surface area contributed by atoms with Crippen LogP contribution in [0.5, 0.6) is 0 Å². The molecule has 0 radical (unpaired) electrons. The molecule has 1 aromatic carbocycles. The Balaban J connectivity index is 2.03. The maximum absolute atomic E-state index is 12.9. The van der Waals surface area contributed by atoms with Gasteiger partial charge < -0.3 is 5.32 Å². The van der Waals surface area contributed by atoms with Gasteiger partial charge in [-0.1, -0.05) is 0 Å². The van der Waals surface area contributed by atoms with Crippen molar-refractivity contribution in [1.82, 2.24) is 0 Å². The molecular weight excluding hydrogens is 336 g/mol. The number of hydrogen-bond acceptors (Lipinski definition) is 2. The lowest BCUT2D eigenvalue weighted by atomic mass is 10.3. The van der Waals surface area contributed by atoms with Crippen LogP contribution in [0.25, 0.3) is 6.08 Å². The van der Waals surface area contributed by atoms with Crippen LogP contribution in [0.15, 0.2) is 40.2 Å². The van der Waals surface area contributed by atoms with E-state index in [9.17, 15) is 13.6 Å². The lowest BCUT2D eigenvalue weighted by molar-refractivity contribution is -0.111. The van der Waals surface area contributed by atoms with Crippen LogP contribution in [-0.2, 0) is 4.79 Å². The van der Waals surface area contributed by atoms with Gasteiger partial charge in [-0.25, -0.2) is 8.78 Å². The first-order chi connectivity index (χ1) is 9.02. The summed E-state index contributed by atoms with van der Waals surface area (Å²) in [5.74, 6) is -1.92. The van der Waals surface area contributed by atoms with Gasteiger partial charge in [0.1, 0.15) is 11.6 Å². The number of amides is 1. The number of nitrogens with one attached hydrogen (secondary N) is 1. The number of carbonyl (C=O) groups is 1. The van der Waals surface area contributed by atoms with E-state index in [0.29, 0.717) is 0 Å². The number of halogens is 3. The first-order valence-corrected chi connectivity index (χ1v) is 6.84. The van der Waals surface area contributed by atoms with Crippen molar-refractivity contribution < 1.29 is 13.6 Å². The molecule has 0 aliphatic carbocycles. The fraction of sp³-hybridized carbons (Fsp3) is 0. The Kier molecular flexibility index (Phi) is 4.44. The highest BCUT2D eigenvalue weighted by Gasteiger charge is 2.03. The van der Waals surface area contributed by atoms with Crippen LogP contribution in [0.4, 0.5) is 14.5 Å². The van der Waals surface area contributed by atoms with Crippen molar-refractivity contribution in [3.05, 3.63) is 56.7 Å². The van der Waals surface area contributed by atoms with Crippen molar-refractivity contribution >= 4 is 44.9 Å². The molecule has 2 nitrogen and oxygen atoms in total. The van der Waals surface area contributed by atoms with Crippen LogP contribution in [0.2, 0.25) is 0 Å². The van der Waals surface area contributed by atoms with Crippen molar-refractivity contribution in [2.75, 3.05) is 5.32 Å². The Hall–Kier alpha value is -1.53. The molecule has 0 saturated heterocycles. The maximum atomic E-state index is 12.9. The Morgan fingerprint density at radius 1 is 1.21 bits per heavy atom. The summed E-state index contributed by atoms with van der Waals surface area (Å²) in [4.78, 5) is 12.5. The predicted octanol–water partition coefficient (Wildman–Crippen LogP) is 4.44. The molecule has 0 saturated carbocycles. The van der Waals surface area contributed by atoms with Crippen LogP contribution >= 0.6 is 27.3 Å². The molecule has 2 aromatic rings. The summed E-state index contributed by atoms with van der Waals surface area (Å²) in [6.45, 7) is 0. The van der Waals surface area contributed by atoms with E-state index in [2.05, 4.69) is 21.2 Å². The number of carbonyl (C=O) groups excluding carboxylic acids is 1. The summed E-state index contributed by atoms with van der Waals surface area (Å²) in [6, 6.07) is 6.56. The first-order valence-electron chi connectivity index (χ1n) is 5.23. The van der Waals surface area contributed by atoms with Crippen molar-refractivity contribution in [3.63, 3.8) is 0 Å². The molecule has 2 rings (SSSR count). The molecule has 0 atom stereocenters. The zero-order chi connectivity index (χ0) is 13.8. The van der Waals surface area contributed by atoms with E-state index in [1.807, 2.05) is 12.1 Å². The van der Waals surface area contributed by atoms with Gasteiger partial charge >= 0.3 is 0 Å². The average molecular weight is 344 g/mol. The SMILES string of the molecule is O=C(/C=C/c1ccc(Br)s1)Nc1cc(F)cc(F)c1. The van der Waals surface area contributed by atoms with Crippen molar-refractivity contribution in [1.29, 1.82) is 0 Å². The summed E-state index contributed by atoms with van der Waals surface area (Å²) in [5.41, 5.74) is 0.0829. The molecule has 1 aromatic heterocycles. The molecule has 0 aliphatic heterocycles. The average Bonchev–Trinajstić information content (AvgIpc) is 2.71. The van der Waals surface area contributed by atoms with E-state index in [4.69, 9.17) is 0 Å². The standard InChI is InChI=1S/C13H8BrF2NOS/c14-12-3-1-11(19-12)2-4-13(18)17-10-6-8(15)5-9(16)7-10/h1-7H,(H,17,18)/b4-2+. The number of benzene rings is 1. The molecule has 1 heterocycles. The third-order valence-electron chi connectivity index (χ3n) is 2.12. The zero-order valence-corrected chi connectivity index (χ0v) is 11.9. The van der Waals surface area contributed by atoms with Gasteiger partial charge in [0.2, 0.25) is 5.91 Å². The molecule has 1 N–H and O–H groups in total. The quantitative estimate of drug-likeness (QED) is 0.820. The Morgan fingerprint density at radius 3 is 2.47 bits per heavy atom. The highest BCUT2D eigenvalue weighted by atomic mass is 79.9. The minimum absolute atomic E-state index is 0.0829. The van der Waals surface area contributed by atoms with Gasteiger partial charge in [-0.15, -0.1) is 11.3 Å². The van der Waals surface area contributed by atoms with E-state index in [0.717, 1.165) is 26.9 Å². The molecule has 1 amide bonds. The second-order valence-corrected chi connectivity index (χ2v) is 6.12. The third-order valence-corrected chi connectivity index (χ3v) is 3.71. The van der Waals surface area contributed by atoms with Crippen LogP contribution in [0.1, 0.15) is 4.88 Å². The minimum atomic E-state index is -0.735. The van der Waals surface area contributed by atoms with E-state index < -0.39 is 17.5 Å². The number of anilines is 1. The fourth-order valence-electron chi connectivity index (χ4n) is 1.39. The molecule has 0 spiro atoms. The van der Waals surface area contributed by atoms with E-state index >= 15 is 0 Å². The second-order valence-electron chi connectivity index (χ2n) is 3.62. The summed E-state index contributed by atoms with van der Waals surface area (Å²) in [6.07, 6.45) is 2.93. The van der Waals surface area contributed by atoms with Crippen molar-refractivity contribution in [2.45, 2.75) is 0 Å². The Labute approximate surface area is 120 Å². The summed E-state index contributed by atoms with van der Waals surface area (Å²) >= 11 is 4.78. The topological polar surface area (TPSA) is 29.1 Å². The van der Waals surface area contributed by atoms with E-state index in [1.165, 1.54) is 17.4 Å². The Morgan fingerprint density at radius 2 is 1.89 bits per heavy atom. The third kappa shape index (κ3) is 4.25. The molecule has 0 bridgehead atoms. The highest BCUT2D eigenvalue weighted by Crippen LogP contribution is 2.23. The van der Waals surface area contributed by atoms with Crippen LogP contribution in [0.3, 0.4) is 0 Å². The first kappa shape index (κ1) is 13.9. The summed E-state index contributed by atoms with van der Waals surface area (Å²) in [5, 5.41) is 2.39. The van der Waals surface area contributed by atoms with Gasteiger partial charge in [-0.3, -0.25) is 4.79 Å². The smallest absolute Gasteiger partial charge is 0.248 e. The molecule has 19 heavy (non-hydrogen) atoms. The van der Waals surface area contributed by atoms with Gasteiger partial charge in [-0.05, 0) is 46.3 Å². The second kappa shape index (κ2) is 6.08. The van der Waals surface area contributed by atoms with Gasteiger partial charge in [0.15, 0.2) is 0 Å². The molecular formula is C13H8BrF2NOS.